The summed E-state index contributed by atoms with van der Waals surface area (Å²) in [5, 5.41) is 8.96. The Bertz CT molecular complexity index is 263. The van der Waals surface area contributed by atoms with E-state index in [-0.39, 0.29) is 19.1 Å². The molecule has 0 saturated carbocycles. The zero-order chi connectivity index (χ0) is 11.5. The normalized spacial score (nSPS) is 29.3. The summed E-state index contributed by atoms with van der Waals surface area (Å²) >= 11 is 0. The van der Waals surface area contributed by atoms with E-state index in [0.29, 0.717) is 0 Å². The van der Waals surface area contributed by atoms with Gasteiger partial charge in [0.2, 0.25) is 0 Å². The van der Waals surface area contributed by atoms with Crippen LogP contribution in [0.1, 0.15) is 26.7 Å². The zero-order valence-electron chi connectivity index (χ0n) is 8.99. The quantitative estimate of drug-likeness (QED) is 0.418. The highest BCUT2D eigenvalue weighted by atomic mass is 16.6. The lowest BCUT2D eigenvalue weighted by Gasteiger charge is -2.41. The van der Waals surface area contributed by atoms with Gasteiger partial charge in [-0.05, 0) is 6.42 Å². The van der Waals surface area contributed by atoms with Crippen molar-refractivity contribution in [3.8, 4) is 0 Å². The average Bonchev–Trinajstić information content (AvgIpc) is 2.16. The van der Waals surface area contributed by atoms with Crippen LogP contribution in [-0.4, -0.2) is 35.9 Å². The van der Waals surface area contributed by atoms with Crippen LogP contribution in [0.2, 0.25) is 0 Å². The number of carboxylic acid groups (broad SMARTS) is 1. The summed E-state index contributed by atoms with van der Waals surface area (Å²) in [5.74, 6) is -2.37. The molecule has 1 unspecified atom stereocenters. The van der Waals surface area contributed by atoms with E-state index in [9.17, 15) is 9.59 Å². The largest absolute Gasteiger partial charge is 0.479 e. The SMILES string of the molecule is CCCCOC(=O)C1(C(=O)O)OC[C@@H]1C. The van der Waals surface area contributed by atoms with Gasteiger partial charge in [0.05, 0.1) is 13.2 Å². The van der Waals surface area contributed by atoms with Gasteiger partial charge in [-0.1, -0.05) is 20.3 Å². The topological polar surface area (TPSA) is 72.8 Å². The van der Waals surface area contributed by atoms with Crippen molar-refractivity contribution in [3.63, 3.8) is 0 Å². The molecule has 0 amide bonds. The molecule has 0 spiro atoms. The van der Waals surface area contributed by atoms with Crippen LogP contribution < -0.4 is 0 Å². The number of carbonyl (C=O) groups excluding carboxylic acids is 1. The second kappa shape index (κ2) is 4.61. The Morgan fingerprint density at radius 1 is 1.60 bits per heavy atom. The van der Waals surface area contributed by atoms with Crippen LogP contribution in [0.25, 0.3) is 0 Å². The van der Waals surface area contributed by atoms with Crippen molar-refractivity contribution in [2.45, 2.75) is 32.3 Å². The molecule has 0 aromatic carbocycles. The molecule has 0 radical (unpaired) electrons. The minimum atomic E-state index is -1.76. The van der Waals surface area contributed by atoms with Gasteiger partial charge in [-0.25, -0.2) is 9.59 Å². The summed E-state index contributed by atoms with van der Waals surface area (Å²) in [7, 11) is 0. The first-order chi connectivity index (χ1) is 7.05. The molecule has 0 aromatic rings. The molecule has 1 N–H and O–H groups in total. The molecule has 0 aliphatic carbocycles. The van der Waals surface area contributed by atoms with Crippen LogP contribution in [0.5, 0.6) is 0 Å². The maximum atomic E-state index is 11.5. The molecule has 0 aromatic heterocycles. The molecule has 1 rings (SSSR count). The van der Waals surface area contributed by atoms with E-state index >= 15 is 0 Å². The third kappa shape index (κ3) is 1.97. The fourth-order valence-corrected chi connectivity index (χ4v) is 1.45. The standard InChI is InChI=1S/C10H16O5/c1-3-4-5-14-9(13)10(8(11)12)7(2)6-15-10/h7H,3-6H2,1-2H3,(H,11,12)/t7-,10?/m0/s1. The molecular formula is C10H16O5. The van der Waals surface area contributed by atoms with Crippen LogP contribution in [0.4, 0.5) is 0 Å². The first-order valence-electron chi connectivity index (χ1n) is 5.10. The second-order valence-corrected chi connectivity index (χ2v) is 3.74. The van der Waals surface area contributed by atoms with Crippen LogP contribution >= 0.6 is 0 Å². The molecule has 15 heavy (non-hydrogen) atoms. The summed E-state index contributed by atoms with van der Waals surface area (Å²) in [6.45, 7) is 4.16. The Morgan fingerprint density at radius 3 is 2.60 bits per heavy atom. The van der Waals surface area contributed by atoms with E-state index in [1.807, 2.05) is 6.92 Å². The van der Waals surface area contributed by atoms with Crippen molar-refractivity contribution in [3.05, 3.63) is 0 Å². The summed E-state index contributed by atoms with van der Waals surface area (Å²) in [6.07, 6.45) is 1.62. The molecule has 1 aliphatic rings. The van der Waals surface area contributed by atoms with Crippen molar-refractivity contribution in [2.75, 3.05) is 13.2 Å². The van der Waals surface area contributed by atoms with Gasteiger partial charge < -0.3 is 14.6 Å². The molecule has 5 heteroatoms. The number of hydrogen-bond donors (Lipinski definition) is 1. The van der Waals surface area contributed by atoms with Crippen molar-refractivity contribution in [1.82, 2.24) is 0 Å². The number of rotatable bonds is 5. The number of unbranched alkanes of at least 4 members (excludes halogenated alkanes) is 1. The maximum Gasteiger partial charge on any atom is 0.350 e. The first kappa shape index (κ1) is 12.0. The van der Waals surface area contributed by atoms with E-state index in [1.54, 1.807) is 6.92 Å². The van der Waals surface area contributed by atoms with Gasteiger partial charge in [-0.15, -0.1) is 0 Å². The van der Waals surface area contributed by atoms with E-state index in [4.69, 9.17) is 14.6 Å². The Balaban J connectivity index is 2.58. The molecule has 1 aliphatic heterocycles. The molecule has 1 saturated heterocycles. The lowest BCUT2D eigenvalue weighted by atomic mass is 9.84. The monoisotopic (exact) mass is 216 g/mol. The molecule has 2 atom stereocenters. The highest BCUT2D eigenvalue weighted by Crippen LogP contribution is 2.34. The third-order valence-corrected chi connectivity index (χ3v) is 2.61. The van der Waals surface area contributed by atoms with Gasteiger partial charge in [0.25, 0.3) is 5.60 Å². The number of hydrogen-bond acceptors (Lipinski definition) is 4. The summed E-state index contributed by atoms with van der Waals surface area (Å²) < 4.78 is 9.79. The van der Waals surface area contributed by atoms with E-state index in [0.717, 1.165) is 12.8 Å². The highest BCUT2D eigenvalue weighted by molar-refractivity contribution is 6.04. The van der Waals surface area contributed by atoms with Gasteiger partial charge in [-0.3, -0.25) is 0 Å². The van der Waals surface area contributed by atoms with Crippen molar-refractivity contribution in [2.24, 2.45) is 5.92 Å². The predicted octanol–water partition coefficient (Wildman–Crippen LogP) is 0.819. The Morgan fingerprint density at radius 2 is 2.27 bits per heavy atom. The Hall–Kier alpha value is -1.10. The number of esters is 1. The molecule has 86 valence electrons. The fourth-order valence-electron chi connectivity index (χ4n) is 1.45. The molecule has 1 heterocycles. The van der Waals surface area contributed by atoms with Gasteiger partial charge in [0, 0.05) is 5.92 Å². The van der Waals surface area contributed by atoms with Crippen LogP contribution in [0.3, 0.4) is 0 Å². The number of carboxylic acids is 1. The van der Waals surface area contributed by atoms with Crippen LogP contribution in [0.15, 0.2) is 0 Å². The molecular weight excluding hydrogens is 200 g/mol. The van der Waals surface area contributed by atoms with Gasteiger partial charge in [0.1, 0.15) is 0 Å². The minimum absolute atomic E-state index is 0.250. The summed E-state index contributed by atoms with van der Waals surface area (Å²) in [6, 6.07) is 0. The van der Waals surface area contributed by atoms with Crippen LogP contribution in [0, 0.1) is 5.92 Å². The Kier molecular flexibility index (Phi) is 3.68. The minimum Gasteiger partial charge on any atom is -0.479 e. The maximum absolute atomic E-state index is 11.5. The fraction of sp³-hybridized carbons (Fsp3) is 0.800. The van der Waals surface area contributed by atoms with Gasteiger partial charge in [0.15, 0.2) is 0 Å². The smallest absolute Gasteiger partial charge is 0.350 e. The van der Waals surface area contributed by atoms with E-state index < -0.39 is 17.5 Å². The third-order valence-electron chi connectivity index (χ3n) is 2.61. The zero-order valence-corrected chi connectivity index (χ0v) is 8.99. The molecule has 1 fully saturated rings. The predicted molar refractivity (Wildman–Crippen MR) is 51.3 cm³/mol. The second-order valence-electron chi connectivity index (χ2n) is 3.74. The Labute approximate surface area is 88.4 Å². The average molecular weight is 216 g/mol. The molecule has 0 bridgehead atoms. The highest BCUT2D eigenvalue weighted by Gasteiger charge is 2.60. The van der Waals surface area contributed by atoms with Crippen LogP contribution in [-0.2, 0) is 19.1 Å². The number of carbonyl (C=O) groups is 2. The number of aliphatic carboxylic acids is 1. The van der Waals surface area contributed by atoms with Crippen molar-refractivity contribution < 1.29 is 24.2 Å². The van der Waals surface area contributed by atoms with Gasteiger partial charge in [-0.2, -0.15) is 0 Å². The van der Waals surface area contributed by atoms with E-state index in [2.05, 4.69) is 0 Å². The lowest BCUT2D eigenvalue weighted by molar-refractivity contribution is -0.230. The van der Waals surface area contributed by atoms with Crippen molar-refractivity contribution >= 4 is 11.9 Å². The first-order valence-corrected chi connectivity index (χ1v) is 5.10. The van der Waals surface area contributed by atoms with Gasteiger partial charge >= 0.3 is 11.9 Å². The van der Waals surface area contributed by atoms with E-state index in [1.165, 1.54) is 0 Å². The molecule has 5 nitrogen and oxygen atoms in total. The number of ether oxygens (including phenoxy) is 2. The summed E-state index contributed by atoms with van der Waals surface area (Å²) in [4.78, 5) is 22.5. The summed E-state index contributed by atoms with van der Waals surface area (Å²) in [5.41, 5.74) is -1.76. The lowest BCUT2D eigenvalue weighted by Crippen LogP contribution is -2.64. The van der Waals surface area contributed by atoms with Crippen molar-refractivity contribution in [1.29, 1.82) is 0 Å².